The Labute approximate surface area is 67.8 Å². The highest BCUT2D eigenvalue weighted by Crippen LogP contribution is 1.64. The van der Waals surface area contributed by atoms with Gasteiger partial charge in [0, 0.05) is 11.5 Å². The van der Waals surface area contributed by atoms with Crippen LogP contribution in [0, 0.1) is 0 Å². The van der Waals surface area contributed by atoms with E-state index in [2.05, 4.69) is 18.1 Å². The summed E-state index contributed by atoms with van der Waals surface area (Å²) in [5, 5.41) is 2.04. The van der Waals surface area contributed by atoms with Crippen molar-refractivity contribution < 1.29 is 0 Å². The Bertz CT molecular complexity index is 293. The molecule has 0 bridgehead atoms. The molecule has 0 unspecified atom stereocenters. The number of hydrogen-bond acceptors (Lipinski definition) is 0. The van der Waals surface area contributed by atoms with Gasteiger partial charge in [0.2, 0.25) is 0 Å². The molecule has 0 atom stereocenters. The van der Waals surface area contributed by atoms with Crippen LogP contribution in [0.25, 0.3) is 12.7 Å². The van der Waals surface area contributed by atoms with E-state index in [0.717, 1.165) is 10.6 Å². The molecule has 0 amide bonds. The average Bonchev–Trinajstić information content (AvgIpc) is 2.42. The number of aromatic nitrogens is 1. The normalized spacial score (nSPS) is 10.2. The minimum atomic E-state index is 0.940. The molecule has 0 radical (unpaired) electrons. The molecule has 0 saturated heterocycles. The summed E-state index contributed by atoms with van der Waals surface area (Å²) in [6.45, 7) is 11.3. The second-order valence-corrected chi connectivity index (χ2v) is 1.81. The number of aromatic amines is 1. The van der Waals surface area contributed by atoms with Crippen LogP contribution in [0.4, 0.5) is 0 Å². The molecule has 1 aromatic rings. The van der Waals surface area contributed by atoms with Gasteiger partial charge < -0.3 is 4.98 Å². The number of rotatable bonds is 1. The summed E-state index contributed by atoms with van der Waals surface area (Å²) in [6, 6.07) is 1.96. The molecule has 0 aliphatic heterocycles. The Hall–Kier alpha value is -1.24. The minimum Gasteiger partial charge on any atom is -0.362 e. The van der Waals surface area contributed by atoms with Crippen molar-refractivity contribution in [2.75, 3.05) is 0 Å². The highest BCUT2D eigenvalue weighted by molar-refractivity contribution is 5.34. The highest BCUT2D eigenvalue weighted by atomic mass is 14.6. The molecule has 0 fully saturated rings. The molecule has 1 N–H and O–H groups in total. The van der Waals surface area contributed by atoms with Crippen molar-refractivity contribution in [3.63, 3.8) is 0 Å². The lowest BCUT2D eigenvalue weighted by Gasteiger charge is -1.69. The van der Waals surface area contributed by atoms with Crippen LogP contribution in [-0.4, -0.2) is 4.98 Å². The maximum Gasteiger partial charge on any atom is 0.0380 e. The molecule has 60 valence electrons. The molecule has 0 aromatic carbocycles. The highest BCUT2D eigenvalue weighted by Gasteiger charge is 1.76. The monoisotopic (exact) mass is 149 g/mol. The summed E-state index contributed by atoms with van der Waals surface area (Å²) < 4.78 is 0. The summed E-state index contributed by atoms with van der Waals surface area (Å²) in [7, 11) is 0. The van der Waals surface area contributed by atoms with Crippen LogP contribution in [0.15, 0.2) is 24.9 Å². The van der Waals surface area contributed by atoms with Gasteiger partial charge in [0.1, 0.15) is 0 Å². The van der Waals surface area contributed by atoms with Gasteiger partial charge in [0.05, 0.1) is 0 Å². The van der Waals surface area contributed by atoms with Gasteiger partial charge in [-0.15, -0.1) is 0 Å². The zero-order chi connectivity index (χ0) is 8.69. The predicted octanol–water partition coefficient (Wildman–Crippen LogP) is 1.42. The molecule has 1 heterocycles. The fourth-order valence-corrected chi connectivity index (χ4v) is 0.699. The number of H-pyrrole nitrogens is 1. The Morgan fingerprint density at radius 2 is 2.09 bits per heavy atom. The lowest BCUT2D eigenvalue weighted by atomic mass is 10.4. The summed E-state index contributed by atoms with van der Waals surface area (Å²) in [5.41, 5.74) is 0. The van der Waals surface area contributed by atoms with Gasteiger partial charge in [0.25, 0.3) is 0 Å². The molecule has 1 nitrogen and oxygen atoms in total. The van der Waals surface area contributed by atoms with E-state index in [0.29, 0.717) is 0 Å². The fraction of sp³-hybridized carbons (Fsp3) is 0.200. The van der Waals surface area contributed by atoms with Gasteiger partial charge >= 0.3 is 0 Å². The van der Waals surface area contributed by atoms with Gasteiger partial charge in [-0.05, 0) is 11.3 Å². The molecular weight excluding hydrogens is 134 g/mol. The largest absolute Gasteiger partial charge is 0.362 e. The van der Waals surface area contributed by atoms with Gasteiger partial charge in [-0.1, -0.05) is 39.2 Å². The van der Waals surface area contributed by atoms with Crippen LogP contribution >= 0.6 is 0 Å². The van der Waals surface area contributed by atoms with Crippen molar-refractivity contribution in [1.82, 2.24) is 4.98 Å². The van der Waals surface area contributed by atoms with Gasteiger partial charge in [-0.2, -0.15) is 0 Å². The van der Waals surface area contributed by atoms with Crippen molar-refractivity contribution in [2.45, 2.75) is 13.8 Å². The summed E-state index contributed by atoms with van der Waals surface area (Å²) >= 11 is 0. The molecule has 0 saturated carbocycles. The third kappa shape index (κ3) is 2.89. The van der Waals surface area contributed by atoms with Crippen LogP contribution < -0.4 is 10.6 Å². The Morgan fingerprint density at radius 3 is 2.45 bits per heavy atom. The molecule has 0 aliphatic carbocycles. The lowest BCUT2D eigenvalue weighted by molar-refractivity contribution is 1.33. The Morgan fingerprint density at radius 1 is 1.45 bits per heavy atom. The molecular formula is C10H15N. The van der Waals surface area contributed by atoms with Crippen LogP contribution in [0.1, 0.15) is 13.8 Å². The standard InChI is InChI=1S/C8H9N.C2H6/c1-3-4-8-5-6-9-7(8)2;1-2/h3-6,9H,1-2H2;1-2H3/b8-4-;. The van der Waals surface area contributed by atoms with Crippen molar-refractivity contribution in [3.8, 4) is 0 Å². The zero-order valence-electron chi connectivity index (χ0n) is 7.22. The Kier molecular flexibility index (Phi) is 4.91. The first kappa shape index (κ1) is 9.76. The molecule has 1 heteroatoms. The maximum atomic E-state index is 3.76. The third-order valence-corrected chi connectivity index (χ3v) is 1.17. The van der Waals surface area contributed by atoms with Gasteiger partial charge in [-0.25, -0.2) is 0 Å². The van der Waals surface area contributed by atoms with Crippen LogP contribution in [0.2, 0.25) is 0 Å². The Balaban J connectivity index is 0.000000461. The van der Waals surface area contributed by atoms with E-state index in [1.165, 1.54) is 0 Å². The van der Waals surface area contributed by atoms with Crippen molar-refractivity contribution in [1.29, 1.82) is 0 Å². The second-order valence-electron chi connectivity index (χ2n) is 1.81. The van der Waals surface area contributed by atoms with Gasteiger partial charge in [-0.3, -0.25) is 0 Å². The van der Waals surface area contributed by atoms with Crippen LogP contribution in [0.3, 0.4) is 0 Å². The molecule has 1 aromatic heterocycles. The van der Waals surface area contributed by atoms with E-state index in [9.17, 15) is 0 Å². The zero-order valence-corrected chi connectivity index (χ0v) is 7.22. The van der Waals surface area contributed by atoms with E-state index in [1.54, 1.807) is 6.08 Å². The summed E-state index contributed by atoms with van der Waals surface area (Å²) in [5.74, 6) is 0. The molecule has 1 rings (SSSR count). The molecule has 0 aliphatic rings. The van der Waals surface area contributed by atoms with Crippen LogP contribution in [-0.2, 0) is 0 Å². The smallest absolute Gasteiger partial charge is 0.0380 e. The molecule has 11 heavy (non-hydrogen) atoms. The number of hydrogen-bond donors (Lipinski definition) is 1. The van der Waals surface area contributed by atoms with Crippen molar-refractivity contribution in [3.05, 3.63) is 35.5 Å². The number of allylic oxidation sites excluding steroid dienone is 1. The topological polar surface area (TPSA) is 15.8 Å². The van der Waals surface area contributed by atoms with E-state index < -0.39 is 0 Å². The molecule has 0 spiro atoms. The summed E-state index contributed by atoms with van der Waals surface area (Å²) in [4.78, 5) is 2.96. The van der Waals surface area contributed by atoms with Crippen molar-refractivity contribution >= 4 is 12.7 Å². The van der Waals surface area contributed by atoms with E-state index in [-0.39, 0.29) is 0 Å². The third-order valence-electron chi connectivity index (χ3n) is 1.17. The van der Waals surface area contributed by atoms with E-state index in [4.69, 9.17) is 0 Å². The first-order valence-electron chi connectivity index (χ1n) is 3.79. The maximum absolute atomic E-state index is 3.76. The van der Waals surface area contributed by atoms with E-state index in [1.807, 2.05) is 32.2 Å². The van der Waals surface area contributed by atoms with E-state index >= 15 is 0 Å². The quantitative estimate of drug-likeness (QED) is 0.621. The number of nitrogens with one attached hydrogen (secondary N) is 1. The van der Waals surface area contributed by atoms with Gasteiger partial charge in [0.15, 0.2) is 0 Å². The fourth-order valence-electron chi connectivity index (χ4n) is 0.699. The van der Waals surface area contributed by atoms with Crippen molar-refractivity contribution in [2.24, 2.45) is 0 Å². The first-order chi connectivity index (χ1) is 5.34. The lowest BCUT2D eigenvalue weighted by Crippen LogP contribution is -2.19. The second kappa shape index (κ2) is 5.54. The average molecular weight is 149 g/mol. The minimum absolute atomic E-state index is 0.940. The SMILES string of the molecule is C=C/C=c1/cc[nH]c1=C.CC. The van der Waals surface area contributed by atoms with Crippen LogP contribution in [0.5, 0.6) is 0 Å². The summed E-state index contributed by atoms with van der Waals surface area (Å²) in [6.07, 6.45) is 5.52. The first-order valence-corrected chi connectivity index (χ1v) is 3.79. The predicted molar refractivity (Wildman–Crippen MR) is 51.6 cm³/mol.